The average Bonchev–Trinajstić information content (AvgIpc) is 3.26. The van der Waals surface area contributed by atoms with Gasteiger partial charge in [0.25, 0.3) is 5.91 Å². The van der Waals surface area contributed by atoms with Crippen molar-refractivity contribution in [1.29, 1.82) is 0 Å². The van der Waals surface area contributed by atoms with Gasteiger partial charge in [-0.1, -0.05) is 12.1 Å². The van der Waals surface area contributed by atoms with E-state index in [1.807, 2.05) is 0 Å². The maximum absolute atomic E-state index is 13.3. The van der Waals surface area contributed by atoms with Gasteiger partial charge in [0, 0.05) is 16.8 Å². The Morgan fingerprint density at radius 1 is 0.868 bits per heavy atom. The largest absolute Gasteiger partial charge is 0.460 e. The predicted molar refractivity (Wildman–Crippen MR) is 127 cm³/mol. The molecule has 38 heavy (non-hydrogen) atoms. The lowest BCUT2D eigenvalue weighted by Crippen LogP contribution is -2.13. The number of hydrogen-bond donors (Lipinski definition) is 1. The molecular formula is C26H20F6N4O2. The van der Waals surface area contributed by atoms with Crippen LogP contribution in [-0.4, -0.2) is 26.8 Å². The van der Waals surface area contributed by atoms with Crippen LogP contribution in [0, 0.1) is 0 Å². The maximum Gasteiger partial charge on any atom is 0.416 e. The van der Waals surface area contributed by atoms with Crippen molar-refractivity contribution in [3.63, 3.8) is 0 Å². The highest BCUT2D eigenvalue weighted by molar-refractivity contribution is 6.04. The standard InChI is InChI=1S/C26H20F6N4O2/c1-15(2)38-24-34-22(17-4-3-5-19(14-17)26(30,31)32)36(35-24)21-12-10-20(11-13-21)33-23(37)16-6-8-18(9-7-16)25(27,28)29/h3-15H,1-2H3,(H,33,37). The van der Waals surface area contributed by atoms with Gasteiger partial charge in [0.15, 0.2) is 5.82 Å². The van der Waals surface area contributed by atoms with E-state index < -0.39 is 29.4 Å². The fourth-order valence-corrected chi connectivity index (χ4v) is 3.46. The first-order chi connectivity index (χ1) is 17.8. The Balaban J connectivity index is 1.61. The summed E-state index contributed by atoms with van der Waals surface area (Å²) in [5.74, 6) is -0.516. The number of aromatic nitrogens is 3. The number of nitrogens with one attached hydrogen (secondary N) is 1. The Morgan fingerprint density at radius 3 is 2.08 bits per heavy atom. The van der Waals surface area contributed by atoms with E-state index >= 15 is 0 Å². The Bertz CT molecular complexity index is 1430. The van der Waals surface area contributed by atoms with Crippen LogP contribution in [0.2, 0.25) is 0 Å². The van der Waals surface area contributed by atoms with Gasteiger partial charge in [0.2, 0.25) is 0 Å². The molecule has 0 saturated carbocycles. The van der Waals surface area contributed by atoms with Crippen LogP contribution in [0.15, 0.2) is 72.8 Å². The van der Waals surface area contributed by atoms with Crippen molar-refractivity contribution in [1.82, 2.24) is 14.8 Å². The average molecular weight is 534 g/mol. The summed E-state index contributed by atoms with van der Waals surface area (Å²) in [6, 6.07) is 14.5. The topological polar surface area (TPSA) is 69.0 Å². The lowest BCUT2D eigenvalue weighted by atomic mass is 10.1. The molecule has 0 saturated heterocycles. The van der Waals surface area contributed by atoms with E-state index in [-0.39, 0.29) is 29.1 Å². The smallest absolute Gasteiger partial charge is 0.416 e. The molecule has 0 fully saturated rings. The molecule has 4 aromatic rings. The number of nitrogens with zero attached hydrogens (tertiary/aromatic N) is 3. The second-order valence-corrected chi connectivity index (χ2v) is 8.45. The summed E-state index contributed by atoms with van der Waals surface area (Å²) in [6.07, 6.45) is -9.35. The lowest BCUT2D eigenvalue weighted by molar-refractivity contribution is -0.138. The van der Waals surface area contributed by atoms with Crippen LogP contribution in [0.3, 0.4) is 0 Å². The first-order valence-electron chi connectivity index (χ1n) is 11.2. The third kappa shape index (κ3) is 6.13. The van der Waals surface area contributed by atoms with Crippen molar-refractivity contribution in [2.24, 2.45) is 0 Å². The molecule has 1 amide bonds. The molecule has 6 nitrogen and oxygen atoms in total. The first-order valence-corrected chi connectivity index (χ1v) is 11.2. The van der Waals surface area contributed by atoms with Gasteiger partial charge in [-0.15, -0.1) is 5.10 Å². The number of hydrogen-bond acceptors (Lipinski definition) is 4. The molecule has 0 aliphatic rings. The third-order valence-electron chi connectivity index (χ3n) is 5.22. The molecule has 4 rings (SSSR count). The van der Waals surface area contributed by atoms with Crippen LogP contribution < -0.4 is 10.1 Å². The zero-order valence-corrected chi connectivity index (χ0v) is 19.9. The van der Waals surface area contributed by atoms with Gasteiger partial charge in [-0.2, -0.15) is 31.3 Å². The minimum Gasteiger partial charge on any atom is -0.460 e. The number of carbonyl (C=O) groups excluding carboxylic acids is 1. The number of alkyl halides is 6. The van der Waals surface area contributed by atoms with Gasteiger partial charge in [0.1, 0.15) is 0 Å². The SMILES string of the molecule is CC(C)Oc1nc(-c2cccc(C(F)(F)F)c2)n(-c2ccc(NC(=O)c3ccc(C(F)(F)F)cc3)cc2)n1. The lowest BCUT2D eigenvalue weighted by Gasteiger charge is -2.11. The van der Waals surface area contributed by atoms with E-state index in [2.05, 4.69) is 15.4 Å². The minimum atomic E-state index is -4.55. The van der Waals surface area contributed by atoms with E-state index in [9.17, 15) is 31.1 Å². The van der Waals surface area contributed by atoms with Gasteiger partial charge in [-0.25, -0.2) is 4.68 Å². The van der Waals surface area contributed by atoms with Crippen LogP contribution in [0.5, 0.6) is 6.01 Å². The highest BCUT2D eigenvalue weighted by Gasteiger charge is 2.31. The van der Waals surface area contributed by atoms with Gasteiger partial charge < -0.3 is 10.1 Å². The Kier molecular flexibility index (Phi) is 7.16. The molecule has 0 aliphatic heterocycles. The van der Waals surface area contributed by atoms with Crippen LogP contribution in [-0.2, 0) is 12.4 Å². The maximum atomic E-state index is 13.3. The number of rotatable bonds is 6. The summed E-state index contributed by atoms with van der Waals surface area (Å²) >= 11 is 0. The van der Waals surface area contributed by atoms with Gasteiger partial charge in [0.05, 0.1) is 22.9 Å². The van der Waals surface area contributed by atoms with E-state index in [1.165, 1.54) is 28.9 Å². The molecule has 0 aliphatic carbocycles. The number of benzene rings is 3. The number of ether oxygens (including phenoxy) is 1. The van der Waals surface area contributed by atoms with Crippen molar-refractivity contribution < 1.29 is 35.9 Å². The molecule has 198 valence electrons. The number of carbonyl (C=O) groups is 1. The molecule has 1 aromatic heterocycles. The van der Waals surface area contributed by atoms with Gasteiger partial charge in [-0.05, 0) is 74.5 Å². The molecule has 0 radical (unpaired) electrons. The molecule has 1 N–H and O–H groups in total. The second-order valence-electron chi connectivity index (χ2n) is 8.45. The molecule has 0 bridgehead atoms. The molecule has 0 spiro atoms. The van der Waals surface area contributed by atoms with Crippen LogP contribution in [0.1, 0.15) is 35.3 Å². The van der Waals surface area contributed by atoms with E-state index in [4.69, 9.17) is 4.74 Å². The van der Waals surface area contributed by atoms with Gasteiger partial charge in [-0.3, -0.25) is 4.79 Å². The molecule has 1 heterocycles. The summed E-state index contributed by atoms with van der Waals surface area (Å²) in [4.78, 5) is 16.7. The summed E-state index contributed by atoms with van der Waals surface area (Å²) < 4.78 is 84.9. The van der Waals surface area contributed by atoms with Crippen molar-refractivity contribution in [3.05, 3.63) is 89.5 Å². The number of halogens is 6. The van der Waals surface area contributed by atoms with Crippen molar-refractivity contribution >= 4 is 11.6 Å². The summed E-state index contributed by atoms with van der Waals surface area (Å²) in [5, 5.41) is 6.86. The summed E-state index contributed by atoms with van der Waals surface area (Å²) in [5.41, 5.74) is -0.791. The zero-order valence-electron chi connectivity index (χ0n) is 19.9. The molecular weight excluding hydrogens is 514 g/mol. The van der Waals surface area contributed by atoms with E-state index in [0.29, 0.717) is 11.4 Å². The highest BCUT2D eigenvalue weighted by Crippen LogP contribution is 2.33. The Morgan fingerprint density at radius 2 is 1.50 bits per heavy atom. The minimum absolute atomic E-state index is 0.0284. The normalized spacial score (nSPS) is 12.0. The predicted octanol–water partition coefficient (Wildman–Crippen LogP) is 7.01. The third-order valence-corrected chi connectivity index (χ3v) is 5.22. The van der Waals surface area contributed by atoms with Crippen LogP contribution >= 0.6 is 0 Å². The molecule has 3 aromatic carbocycles. The summed E-state index contributed by atoms with van der Waals surface area (Å²) in [6.45, 7) is 3.50. The monoisotopic (exact) mass is 534 g/mol. The van der Waals surface area contributed by atoms with Gasteiger partial charge >= 0.3 is 18.4 Å². The van der Waals surface area contributed by atoms with Crippen molar-refractivity contribution in [2.75, 3.05) is 5.32 Å². The second kappa shape index (κ2) is 10.2. The van der Waals surface area contributed by atoms with Crippen molar-refractivity contribution in [2.45, 2.75) is 32.3 Å². The van der Waals surface area contributed by atoms with E-state index in [1.54, 1.807) is 26.0 Å². The molecule has 12 heteroatoms. The first kappa shape index (κ1) is 26.7. The fourth-order valence-electron chi connectivity index (χ4n) is 3.46. The van der Waals surface area contributed by atoms with E-state index in [0.717, 1.165) is 36.4 Å². The Hall–Kier alpha value is -4.35. The van der Waals surface area contributed by atoms with Crippen molar-refractivity contribution in [3.8, 4) is 23.1 Å². The molecule has 0 unspecified atom stereocenters. The van der Waals surface area contributed by atoms with Crippen LogP contribution in [0.4, 0.5) is 32.0 Å². The quantitative estimate of drug-likeness (QED) is 0.270. The fraction of sp³-hybridized carbons (Fsp3) is 0.192. The number of anilines is 1. The zero-order chi connectivity index (χ0) is 27.7. The highest BCUT2D eigenvalue weighted by atomic mass is 19.4. The molecule has 0 atom stereocenters. The summed E-state index contributed by atoms with van der Waals surface area (Å²) in [7, 11) is 0. The Labute approximate surface area is 212 Å². The number of amides is 1. The van der Waals surface area contributed by atoms with Crippen LogP contribution in [0.25, 0.3) is 17.1 Å².